The molecule has 1 aromatic carbocycles. The highest BCUT2D eigenvalue weighted by molar-refractivity contribution is 6.07. The molecule has 6 nitrogen and oxygen atoms in total. The van der Waals surface area contributed by atoms with Crippen LogP contribution in [0.4, 0.5) is 13.2 Å². The van der Waals surface area contributed by atoms with E-state index in [4.69, 9.17) is 10.1 Å². The lowest BCUT2D eigenvalue weighted by Crippen LogP contribution is -2.53. The third-order valence-corrected chi connectivity index (χ3v) is 5.29. The summed E-state index contributed by atoms with van der Waals surface area (Å²) in [5.41, 5.74) is -1.09. The molecule has 0 radical (unpaired) electrons. The van der Waals surface area contributed by atoms with Gasteiger partial charge in [-0.05, 0) is 24.5 Å². The Morgan fingerprint density at radius 2 is 1.93 bits per heavy atom. The molecule has 0 spiro atoms. The van der Waals surface area contributed by atoms with Crippen molar-refractivity contribution in [3.05, 3.63) is 24.3 Å². The number of hydrogen-bond donors (Lipinski definition) is 2. The minimum Gasteiger partial charge on any atom is -0.490 e. The number of hydrogen-bond acceptors (Lipinski definition) is 4. The highest BCUT2D eigenvalue weighted by Gasteiger charge is 2.50. The van der Waals surface area contributed by atoms with E-state index in [2.05, 4.69) is 10.1 Å². The number of carbonyl (C=O) groups is 1. The van der Waals surface area contributed by atoms with Crippen molar-refractivity contribution >= 4 is 11.9 Å². The standard InChI is InChI=1S/C19H24F3N3O3/c1-25-16(26)18(24-17(25)23,11-13-6-3-2-4-7-13)12-27-14-8-5-9-15(10-14)28-19(20,21)22/h5,8-10,13H,2-4,6-7,11-12H2,1H3,(H2,23,24). The van der Waals surface area contributed by atoms with E-state index in [0.717, 1.165) is 31.7 Å². The van der Waals surface area contributed by atoms with Gasteiger partial charge in [0.15, 0.2) is 11.5 Å². The third kappa shape index (κ3) is 4.69. The number of nitrogens with one attached hydrogen (secondary N) is 2. The molecule has 28 heavy (non-hydrogen) atoms. The van der Waals surface area contributed by atoms with Gasteiger partial charge in [-0.15, -0.1) is 13.2 Å². The zero-order valence-electron chi connectivity index (χ0n) is 15.6. The molecule has 2 aliphatic rings. The maximum Gasteiger partial charge on any atom is 0.573 e. The van der Waals surface area contributed by atoms with Crippen LogP contribution in [0.3, 0.4) is 0 Å². The maximum absolute atomic E-state index is 12.9. The highest BCUT2D eigenvalue weighted by atomic mass is 19.4. The molecule has 2 fully saturated rings. The summed E-state index contributed by atoms with van der Waals surface area (Å²) in [6.45, 7) is -0.0788. The summed E-state index contributed by atoms with van der Waals surface area (Å²) < 4.78 is 46.9. The molecular formula is C19H24F3N3O3. The van der Waals surface area contributed by atoms with Crippen molar-refractivity contribution < 1.29 is 27.4 Å². The van der Waals surface area contributed by atoms with Crippen LogP contribution in [0.2, 0.25) is 0 Å². The lowest BCUT2D eigenvalue weighted by atomic mass is 9.79. The van der Waals surface area contributed by atoms with Gasteiger partial charge in [0, 0.05) is 13.1 Å². The number of halogens is 3. The van der Waals surface area contributed by atoms with E-state index in [0.29, 0.717) is 12.3 Å². The first-order valence-corrected chi connectivity index (χ1v) is 9.32. The van der Waals surface area contributed by atoms with Crippen LogP contribution < -0.4 is 14.8 Å². The number of nitrogens with zero attached hydrogens (tertiary/aromatic N) is 1. The molecule has 1 heterocycles. The van der Waals surface area contributed by atoms with Gasteiger partial charge < -0.3 is 14.8 Å². The Labute approximate surface area is 161 Å². The zero-order valence-corrected chi connectivity index (χ0v) is 15.6. The SMILES string of the molecule is CN1C(=N)NC(COc2cccc(OC(F)(F)F)c2)(CC2CCCCC2)C1=O. The Morgan fingerprint density at radius 1 is 1.25 bits per heavy atom. The van der Waals surface area contributed by atoms with E-state index in [1.54, 1.807) is 0 Å². The van der Waals surface area contributed by atoms with E-state index < -0.39 is 11.9 Å². The number of benzene rings is 1. The number of alkyl halides is 3. The van der Waals surface area contributed by atoms with Crippen LogP contribution in [0.1, 0.15) is 38.5 Å². The fraction of sp³-hybridized carbons (Fsp3) is 0.579. The summed E-state index contributed by atoms with van der Waals surface area (Å²) in [6, 6.07) is 5.21. The van der Waals surface area contributed by atoms with Gasteiger partial charge in [0.25, 0.3) is 5.91 Å². The largest absolute Gasteiger partial charge is 0.573 e. The van der Waals surface area contributed by atoms with E-state index in [1.807, 2.05) is 0 Å². The van der Waals surface area contributed by atoms with Crippen molar-refractivity contribution in [1.29, 1.82) is 5.41 Å². The first kappa shape index (κ1) is 20.3. The molecule has 1 atom stereocenters. The van der Waals surface area contributed by atoms with Gasteiger partial charge in [0.05, 0.1) is 0 Å². The van der Waals surface area contributed by atoms with Gasteiger partial charge in [-0.25, -0.2) is 0 Å². The van der Waals surface area contributed by atoms with Gasteiger partial charge in [-0.1, -0.05) is 38.2 Å². The van der Waals surface area contributed by atoms with Gasteiger partial charge in [0.2, 0.25) is 0 Å². The number of rotatable bonds is 6. The summed E-state index contributed by atoms with van der Waals surface area (Å²) in [5, 5.41) is 10.9. The monoisotopic (exact) mass is 399 g/mol. The number of carbonyl (C=O) groups excluding carboxylic acids is 1. The van der Waals surface area contributed by atoms with Crippen molar-refractivity contribution in [3.63, 3.8) is 0 Å². The van der Waals surface area contributed by atoms with Crippen LogP contribution in [0.25, 0.3) is 0 Å². The summed E-state index contributed by atoms with van der Waals surface area (Å²) in [4.78, 5) is 14.1. The predicted molar refractivity (Wildman–Crippen MR) is 96.2 cm³/mol. The molecule has 154 valence electrons. The van der Waals surface area contributed by atoms with Crippen molar-refractivity contribution in [2.24, 2.45) is 5.92 Å². The average molecular weight is 399 g/mol. The third-order valence-electron chi connectivity index (χ3n) is 5.29. The molecule has 3 rings (SSSR count). The normalized spacial score (nSPS) is 23.6. The van der Waals surface area contributed by atoms with Crippen molar-refractivity contribution in [1.82, 2.24) is 10.2 Å². The first-order chi connectivity index (χ1) is 13.2. The molecule has 1 aliphatic carbocycles. The molecule has 1 saturated carbocycles. The first-order valence-electron chi connectivity index (χ1n) is 9.32. The van der Waals surface area contributed by atoms with Crippen LogP contribution in [-0.2, 0) is 4.79 Å². The fourth-order valence-corrected chi connectivity index (χ4v) is 3.93. The predicted octanol–water partition coefficient (Wildman–Crippen LogP) is 3.67. The zero-order chi connectivity index (χ0) is 20.4. The molecule has 1 aliphatic heterocycles. The van der Waals surface area contributed by atoms with Gasteiger partial charge in [0.1, 0.15) is 18.1 Å². The topological polar surface area (TPSA) is 74.7 Å². The summed E-state index contributed by atoms with van der Waals surface area (Å²) in [5.74, 6) is -0.139. The fourth-order valence-electron chi connectivity index (χ4n) is 3.93. The molecule has 2 N–H and O–H groups in total. The Morgan fingerprint density at radius 3 is 2.54 bits per heavy atom. The van der Waals surface area contributed by atoms with Crippen LogP contribution >= 0.6 is 0 Å². The quantitative estimate of drug-likeness (QED) is 0.766. The Bertz CT molecular complexity index is 735. The lowest BCUT2D eigenvalue weighted by Gasteiger charge is -2.32. The molecule has 1 aromatic rings. The lowest BCUT2D eigenvalue weighted by molar-refractivity contribution is -0.274. The second-order valence-electron chi connectivity index (χ2n) is 7.44. The number of ether oxygens (including phenoxy) is 2. The second kappa shape index (κ2) is 7.89. The molecular weight excluding hydrogens is 375 g/mol. The Balaban J connectivity index is 1.74. The number of likely N-dealkylation sites (N-methyl/N-ethyl adjacent to an activating group) is 1. The summed E-state index contributed by atoms with van der Waals surface area (Å²) in [7, 11) is 1.53. The van der Waals surface area contributed by atoms with E-state index in [1.165, 1.54) is 36.6 Å². The van der Waals surface area contributed by atoms with Crippen LogP contribution in [0.15, 0.2) is 24.3 Å². The van der Waals surface area contributed by atoms with Crippen LogP contribution in [-0.4, -0.2) is 42.3 Å². The van der Waals surface area contributed by atoms with E-state index in [-0.39, 0.29) is 30.0 Å². The van der Waals surface area contributed by atoms with Gasteiger partial charge in [-0.2, -0.15) is 0 Å². The average Bonchev–Trinajstić information content (AvgIpc) is 2.84. The van der Waals surface area contributed by atoms with Gasteiger partial charge >= 0.3 is 6.36 Å². The van der Waals surface area contributed by atoms with Crippen molar-refractivity contribution in [3.8, 4) is 11.5 Å². The summed E-state index contributed by atoms with van der Waals surface area (Å²) >= 11 is 0. The number of guanidine groups is 1. The molecule has 0 bridgehead atoms. The van der Waals surface area contributed by atoms with Crippen molar-refractivity contribution in [2.45, 2.75) is 50.4 Å². The summed E-state index contributed by atoms with van der Waals surface area (Å²) in [6.07, 6.45) is 1.17. The highest BCUT2D eigenvalue weighted by Crippen LogP contribution is 2.34. The van der Waals surface area contributed by atoms with E-state index in [9.17, 15) is 18.0 Å². The van der Waals surface area contributed by atoms with E-state index >= 15 is 0 Å². The van der Waals surface area contributed by atoms with Gasteiger partial charge in [-0.3, -0.25) is 15.1 Å². The molecule has 1 saturated heterocycles. The minimum atomic E-state index is -4.79. The molecule has 0 aromatic heterocycles. The smallest absolute Gasteiger partial charge is 0.490 e. The maximum atomic E-state index is 12.9. The Kier molecular flexibility index (Phi) is 5.71. The molecule has 1 unspecified atom stereocenters. The number of amides is 1. The van der Waals surface area contributed by atoms with Crippen LogP contribution in [0.5, 0.6) is 11.5 Å². The molecule has 1 amide bonds. The molecule has 9 heteroatoms. The minimum absolute atomic E-state index is 0.00133. The van der Waals surface area contributed by atoms with Crippen molar-refractivity contribution in [2.75, 3.05) is 13.7 Å². The second-order valence-corrected chi connectivity index (χ2v) is 7.44. The van der Waals surface area contributed by atoms with Crippen LogP contribution in [0, 0.1) is 11.3 Å². The Hall–Kier alpha value is -2.45.